The maximum Gasteiger partial charge on any atom is 0.257 e. The smallest absolute Gasteiger partial charge is 0.257 e. The molecule has 1 aromatic carbocycles. The summed E-state index contributed by atoms with van der Waals surface area (Å²) >= 11 is 0. The normalized spacial score (nSPS) is 15.1. The van der Waals surface area contributed by atoms with Crippen LogP contribution in [0.5, 0.6) is 0 Å². The van der Waals surface area contributed by atoms with Gasteiger partial charge in [0.15, 0.2) is 0 Å². The van der Waals surface area contributed by atoms with Crippen LogP contribution in [0.1, 0.15) is 30.1 Å². The van der Waals surface area contributed by atoms with Crippen molar-refractivity contribution in [2.45, 2.75) is 19.8 Å². The van der Waals surface area contributed by atoms with Crippen LogP contribution in [0.25, 0.3) is 0 Å². The van der Waals surface area contributed by atoms with Crippen LogP contribution in [0.3, 0.4) is 0 Å². The number of anilines is 2. The van der Waals surface area contributed by atoms with Crippen LogP contribution in [0.15, 0.2) is 42.6 Å². The predicted molar refractivity (Wildman–Crippen MR) is 101 cm³/mol. The minimum absolute atomic E-state index is 0.0566. The van der Waals surface area contributed by atoms with E-state index in [0.717, 1.165) is 39.0 Å². The molecule has 0 bridgehead atoms. The van der Waals surface area contributed by atoms with Gasteiger partial charge in [0.25, 0.3) is 5.91 Å². The second-order valence-electron chi connectivity index (χ2n) is 6.55. The van der Waals surface area contributed by atoms with E-state index in [2.05, 4.69) is 22.5 Å². The van der Waals surface area contributed by atoms with Gasteiger partial charge in [0.2, 0.25) is 0 Å². The molecular weight excluding hydrogens is 331 g/mol. The summed E-state index contributed by atoms with van der Waals surface area (Å²) in [6.45, 7) is 5.56. The first kappa shape index (κ1) is 18.3. The third-order valence-corrected chi connectivity index (χ3v) is 4.75. The fraction of sp³-hybridized carbons (Fsp3) is 0.400. The molecule has 1 amide bonds. The van der Waals surface area contributed by atoms with Crippen LogP contribution >= 0.6 is 0 Å². The van der Waals surface area contributed by atoms with E-state index in [4.69, 9.17) is 0 Å². The molecule has 2 aromatic rings. The fourth-order valence-electron chi connectivity index (χ4n) is 3.23. The minimum Gasteiger partial charge on any atom is -0.339 e. The predicted octanol–water partition coefficient (Wildman–Crippen LogP) is 3.43. The molecule has 0 atom stereocenters. The summed E-state index contributed by atoms with van der Waals surface area (Å²) in [5.74, 6) is 0.570. The van der Waals surface area contributed by atoms with Crippen molar-refractivity contribution in [2.75, 3.05) is 31.5 Å². The Bertz CT molecular complexity index is 744. The number of pyridine rings is 1. The summed E-state index contributed by atoms with van der Waals surface area (Å²) in [4.78, 5) is 19.1. The van der Waals surface area contributed by atoms with Gasteiger partial charge in [-0.3, -0.25) is 4.79 Å². The molecule has 0 spiro atoms. The van der Waals surface area contributed by atoms with Gasteiger partial charge in [-0.25, -0.2) is 9.37 Å². The summed E-state index contributed by atoms with van der Waals surface area (Å²) < 4.78 is 13.9. The number of para-hydroxylation sites is 1. The van der Waals surface area contributed by atoms with Crippen molar-refractivity contribution in [1.82, 2.24) is 15.2 Å². The first-order valence-corrected chi connectivity index (χ1v) is 9.15. The number of aromatic nitrogens is 1. The molecule has 1 aliphatic rings. The highest BCUT2D eigenvalue weighted by Gasteiger charge is 2.25. The molecule has 1 fully saturated rings. The lowest BCUT2D eigenvalue weighted by Crippen LogP contribution is -2.41. The fourth-order valence-corrected chi connectivity index (χ4v) is 3.23. The van der Waals surface area contributed by atoms with Crippen LogP contribution in [0, 0.1) is 11.7 Å². The maximum absolute atomic E-state index is 13.9. The molecule has 1 saturated heterocycles. The molecular formula is C20H25FN4O. The average Bonchev–Trinajstić information content (AvgIpc) is 2.68. The second-order valence-corrected chi connectivity index (χ2v) is 6.55. The number of halogens is 1. The Morgan fingerprint density at radius 3 is 2.73 bits per heavy atom. The largest absolute Gasteiger partial charge is 0.339 e. The van der Waals surface area contributed by atoms with E-state index in [9.17, 15) is 9.18 Å². The Hall–Kier alpha value is -2.47. The lowest BCUT2D eigenvalue weighted by molar-refractivity contribution is 0.0691. The number of amides is 1. The van der Waals surface area contributed by atoms with Gasteiger partial charge in [0.05, 0.1) is 11.3 Å². The molecule has 0 unspecified atom stereocenters. The average molecular weight is 356 g/mol. The highest BCUT2D eigenvalue weighted by Crippen LogP contribution is 2.24. The first-order chi connectivity index (χ1) is 12.7. The van der Waals surface area contributed by atoms with Crippen molar-refractivity contribution in [2.24, 2.45) is 5.92 Å². The number of nitrogens with one attached hydrogen (secondary N) is 2. The summed E-state index contributed by atoms with van der Waals surface area (Å²) in [5.41, 5.74) is 0.783. The number of hydrogen-bond acceptors (Lipinski definition) is 4. The summed E-state index contributed by atoms with van der Waals surface area (Å²) in [7, 11) is 0. The molecule has 1 aliphatic heterocycles. The number of likely N-dealkylation sites (tertiary alicyclic amines) is 1. The van der Waals surface area contributed by atoms with Gasteiger partial charge in [-0.15, -0.1) is 0 Å². The van der Waals surface area contributed by atoms with Crippen LogP contribution in [0.2, 0.25) is 0 Å². The van der Waals surface area contributed by atoms with Crippen molar-refractivity contribution in [3.63, 3.8) is 0 Å². The van der Waals surface area contributed by atoms with Gasteiger partial charge in [-0.1, -0.05) is 19.1 Å². The maximum atomic E-state index is 13.9. The molecule has 138 valence electrons. The van der Waals surface area contributed by atoms with Gasteiger partial charge < -0.3 is 15.5 Å². The number of nitrogens with zero attached hydrogens (tertiary/aromatic N) is 2. The van der Waals surface area contributed by atoms with Crippen molar-refractivity contribution in [3.05, 3.63) is 54.0 Å². The number of carbonyl (C=O) groups is 1. The van der Waals surface area contributed by atoms with Crippen LogP contribution in [-0.2, 0) is 0 Å². The number of benzene rings is 1. The number of piperidine rings is 1. The molecule has 2 heterocycles. The Kier molecular flexibility index (Phi) is 6.17. The second kappa shape index (κ2) is 8.76. The standard InChI is InChI=1S/C20H25FN4O/c1-2-22-14-15-9-12-25(13-10-15)20(26)16-6-5-11-23-19(16)24-18-8-4-3-7-17(18)21/h3-8,11,15,22H,2,9-10,12-14H2,1H3,(H,23,24). The highest BCUT2D eigenvalue weighted by molar-refractivity contribution is 5.99. The summed E-state index contributed by atoms with van der Waals surface area (Å²) in [5, 5.41) is 6.33. The van der Waals surface area contributed by atoms with Crippen molar-refractivity contribution in [3.8, 4) is 0 Å². The van der Waals surface area contributed by atoms with Crippen molar-refractivity contribution < 1.29 is 9.18 Å². The number of hydrogen-bond donors (Lipinski definition) is 2. The lowest BCUT2D eigenvalue weighted by Gasteiger charge is -2.32. The Labute approximate surface area is 153 Å². The van der Waals surface area contributed by atoms with E-state index in [0.29, 0.717) is 23.0 Å². The van der Waals surface area contributed by atoms with E-state index in [1.54, 1.807) is 36.5 Å². The SMILES string of the molecule is CCNCC1CCN(C(=O)c2cccnc2Nc2ccccc2F)CC1. The van der Waals surface area contributed by atoms with E-state index in [1.165, 1.54) is 6.07 Å². The zero-order valence-corrected chi connectivity index (χ0v) is 15.0. The first-order valence-electron chi connectivity index (χ1n) is 9.15. The van der Waals surface area contributed by atoms with E-state index in [1.807, 2.05) is 4.90 Å². The van der Waals surface area contributed by atoms with Crippen molar-refractivity contribution >= 4 is 17.4 Å². The quantitative estimate of drug-likeness (QED) is 0.833. The van der Waals surface area contributed by atoms with Gasteiger partial charge in [0.1, 0.15) is 11.6 Å². The zero-order valence-electron chi connectivity index (χ0n) is 15.0. The third kappa shape index (κ3) is 4.38. The molecule has 2 N–H and O–H groups in total. The third-order valence-electron chi connectivity index (χ3n) is 4.75. The molecule has 5 nitrogen and oxygen atoms in total. The lowest BCUT2D eigenvalue weighted by atomic mass is 9.96. The Balaban J connectivity index is 1.70. The highest BCUT2D eigenvalue weighted by atomic mass is 19.1. The topological polar surface area (TPSA) is 57.3 Å². The van der Waals surface area contributed by atoms with Gasteiger partial charge in [-0.05, 0) is 56.1 Å². The summed E-state index contributed by atoms with van der Waals surface area (Å²) in [6.07, 6.45) is 3.59. The molecule has 0 aliphatic carbocycles. The van der Waals surface area contributed by atoms with Gasteiger partial charge in [-0.2, -0.15) is 0 Å². The number of rotatable bonds is 6. The van der Waals surface area contributed by atoms with E-state index >= 15 is 0 Å². The molecule has 3 rings (SSSR count). The van der Waals surface area contributed by atoms with Crippen molar-refractivity contribution in [1.29, 1.82) is 0 Å². The monoisotopic (exact) mass is 356 g/mol. The summed E-state index contributed by atoms with van der Waals surface area (Å²) in [6, 6.07) is 9.85. The molecule has 6 heteroatoms. The van der Waals surface area contributed by atoms with Crippen LogP contribution in [-0.4, -0.2) is 42.0 Å². The van der Waals surface area contributed by atoms with Crippen LogP contribution < -0.4 is 10.6 Å². The molecule has 1 aromatic heterocycles. The van der Waals surface area contributed by atoms with E-state index in [-0.39, 0.29) is 11.7 Å². The van der Waals surface area contributed by atoms with Gasteiger partial charge in [0, 0.05) is 19.3 Å². The molecule has 26 heavy (non-hydrogen) atoms. The molecule has 0 saturated carbocycles. The molecule has 0 radical (unpaired) electrons. The Morgan fingerprint density at radius 1 is 1.23 bits per heavy atom. The minimum atomic E-state index is -0.374. The van der Waals surface area contributed by atoms with E-state index < -0.39 is 0 Å². The van der Waals surface area contributed by atoms with Gasteiger partial charge >= 0.3 is 0 Å². The van der Waals surface area contributed by atoms with Crippen LogP contribution in [0.4, 0.5) is 15.9 Å². The Morgan fingerprint density at radius 2 is 2.00 bits per heavy atom. The number of carbonyl (C=O) groups excluding carboxylic acids is 1. The zero-order chi connectivity index (χ0) is 18.4.